The Kier molecular flexibility index (Phi) is 6.03. The molecule has 0 spiro atoms. The molecule has 21 heavy (non-hydrogen) atoms. The van der Waals surface area contributed by atoms with E-state index in [1.165, 1.54) is 17.0 Å². The molecule has 0 atom stereocenters. The third-order valence-corrected chi connectivity index (χ3v) is 4.21. The van der Waals surface area contributed by atoms with Gasteiger partial charge in [-0.05, 0) is 36.7 Å². The van der Waals surface area contributed by atoms with Gasteiger partial charge in [0.15, 0.2) is 0 Å². The molecule has 2 rings (SSSR count). The fourth-order valence-electron chi connectivity index (χ4n) is 1.80. The Morgan fingerprint density at radius 1 is 1.24 bits per heavy atom. The Balaban J connectivity index is 1.83. The van der Waals surface area contributed by atoms with E-state index in [9.17, 15) is 4.39 Å². The summed E-state index contributed by atoms with van der Waals surface area (Å²) in [6.07, 6.45) is 0. The minimum absolute atomic E-state index is 0.108. The van der Waals surface area contributed by atoms with Crippen LogP contribution in [0.4, 0.5) is 4.39 Å². The first-order chi connectivity index (χ1) is 10.0. The molecular weight excluding hydrogens is 309 g/mol. The zero-order valence-electron chi connectivity index (χ0n) is 12.2. The zero-order chi connectivity index (χ0) is 15.2. The first-order valence-electron chi connectivity index (χ1n) is 6.90. The van der Waals surface area contributed by atoms with Crippen LogP contribution in [0.15, 0.2) is 30.3 Å². The van der Waals surface area contributed by atoms with Gasteiger partial charge in [-0.25, -0.2) is 4.39 Å². The molecule has 0 aliphatic carbocycles. The smallest absolute Gasteiger partial charge is 0.145 e. The molecular formula is C16H19ClFNOS. The Morgan fingerprint density at radius 2 is 2.00 bits per heavy atom. The number of nitrogens with one attached hydrogen (secondary N) is 1. The van der Waals surface area contributed by atoms with E-state index < -0.39 is 5.82 Å². The molecule has 0 unspecified atom stereocenters. The predicted molar refractivity (Wildman–Crippen MR) is 86.6 cm³/mol. The molecule has 1 aromatic carbocycles. The number of ether oxygens (including phenoxy) is 1. The van der Waals surface area contributed by atoms with Gasteiger partial charge in [-0.15, -0.1) is 11.3 Å². The van der Waals surface area contributed by atoms with Gasteiger partial charge in [0.1, 0.15) is 18.2 Å². The van der Waals surface area contributed by atoms with E-state index in [1.807, 2.05) is 6.07 Å². The van der Waals surface area contributed by atoms with E-state index in [1.54, 1.807) is 17.4 Å². The topological polar surface area (TPSA) is 21.3 Å². The average molecular weight is 328 g/mol. The van der Waals surface area contributed by atoms with E-state index in [0.29, 0.717) is 18.3 Å². The highest BCUT2D eigenvalue weighted by molar-refractivity contribution is 7.11. The van der Waals surface area contributed by atoms with Crippen LogP contribution in [0.2, 0.25) is 5.02 Å². The molecule has 0 aliphatic heterocycles. The van der Waals surface area contributed by atoms with E-state index in [0.717, 1.165) is 18.0 Å². The van der Waals surface area contributed by atoms with Crippen molar-refractivity contribution < 1.29 is 9.13 Å². The van der Waals surface area contributed by atoms with Crippen molar-refractivity contribution in [2.75, 3.05) is 6.54 Å². The maximum atomic E-state index is 13.3. The number of benzene rings is 1. The van der Waals surface area contributed by atoms with Gasteiger partial charge < -0.3 is 10.1 Å². The van der Waals surface area contributed by atoms with Crippen LogP contribution in [0.1, 0.15) is 23.6 Å². The molecule has 0 saturated heterocycles. The summed E-state index contributed by atoms with van der Waals surface area (Å²) in [5.41, 5.74) is 0. The summed E-state index contributed by atoms with van der Waals surface area (Å²) in [7, 11) is 0. The van der Waals surface area contributed by atoms with Gasteiger partial charge in [-0.3, -0.25) is 0 Å². The molecule has 0 bridgehead atoms. The van der Waals surface area contributed by atoms with E-state index in [-0.39, 0.29) is 5.02 Å². The van der Waals surface area contributed by atoms with Gasteiger partial charge in [0.2, 0.25) is 0 Å². The molecule has 1 N–H and O–H groups in total. The summed E-state index contributed by atoms with van der Waals surface area (Å²) < 4.78 is 18.9. The Morgan fingerprint density at radius 3 is 2.71 bits per heavy atom. The predicted octanol–water partition coefficient (Wildman–Crippen LogP) is 4.87. The summed E-state index contributed by atoms with van der Waals surface area (Å²) in [5, 5.41) is 3.52. The summed E-state index contributed by atoms with van der Waals surface area (Å²) in [4.78, 5) is 2.39. The molecule has 0 saturated carbocycles. The van der Waals surface area contributed by atoms with Gasteiger partial charge in [0, 0.05) is 22.4 Å². The van der Waals surface area contributed by atoms with Crippen molar-refractivity contribution in [1.82, 2.24) is 5.32 Å². The summed E-state index contributed by atoms with van der Waals surface area (Å²) in [6, 6.07) is 8.62. The second kappa shape index (κ2) is 7.78. The van der Waals surface area contributed by atoms with Crippen molar-refractivity contribution in [2.45, 2.75) is 27.0 Å². The lowest BCUT2D eigenvalue weighted by atomic mass is 10.2. The highest BCUT2D eigenvalue weighted by atomic mass is 35.5. The molecule has 2 nitrogen and oxygen atoms in total. The maximum Gasteiger partial charge on any atom is 0.145 e. The maximum absolute atomic E-state index is 13.3. The van der Waals surface area contributed by atoms with Crippen LogP contribution >= 0.6 is 22.9 Å². The fraction of sp³-hybridized carbons (Fsp3) is 0.375. The minimum atomic E-state index is -0.459. The van der Waals surface area contributed by atoms with Crippen LogP contribution in [0, 0.1) is 11.7 Å². The van der Waals surface area contributed by atoms with Crippen molar-refractivity contribution in [2.24, 2.45) is 5.92 Å². The third kappa shape index (κ3) is 5.30. The largest absolute Gasteiger partial charge is 0.488 e. The molecule has 0 fully saturated rings. The number of thiophene rings is 1. The van der Waals surface area contributed by atoms with Crippen molar-refractivity contribution >= 4 is 22.9 Å². The Bertz CT molecular complexity index is 585. The summed E-state index contributed by atoms with van der Waals surface area (Å²) in [5.74, 6) is 0.677. The lowest BCUT2D eigenvalue weighted by Gasteiger charge is -2.06. The monoisotopic (exact) mass is 327 g/mol. The molecule has 0 amide bonds. The standard InChI is InChI=1S/C16H19ClFNOS/c1-11(2)8-19-9-13-4-5-14(21-13)10-20-12-3-6-15(17)16(18)7-12/h3-7,11,19H,8-10H2,1-2H3. The van der Waals surface area contributed by atoms with Crippen LogP contribution < -0.4 is 10.1 Å². The van der Waals surface area contributed by atoms with Crippen molar-refractivity contribution in [3.05, 3.63) is 50.9 Å². The molecule has 1 aromatic heterocycles. The van der Waals surface area contributed by atoms with E-state index in [4.69, 9.17) is 16.3 Å². The normalized spacial score (nSPS) is 11.1. The van der Waals surface area contributed by atoms with Gasteiger partial charge >= 0.3 is 0 Å². The number of hydrogen-bond acceptors (Lipinski definition) is 3. The highest BCUT2D eigenvalue weighted by Gasteiger charge is 2.04. The minimum Gasteiger partial charge on any atom is -0.488 e. The Labute approximate surface area is 133 Å². The van der Waals surface area contributed by atoms with Crippen LogP contribution in [-0.2, 0) is 13.2 Å². The lowest BCUT2D eigenvalue weighted by molar-refractivity contribution is 0.308. The van der Waals surface area contributed by atoms with E-state index in [2.05, 4.69) is 25.2 Å². The van der Waals surface area contributed by atoms with Gasteiger partial charge in [-0.2, -0.15) is 0 Å². The van der Waals surface area contributed by atoms with E-state index >= 15 is 0 Å². The summed E-state index contributed by atoms with van der Waals surface area (Å²) in [6.45, 7) is 6.69. The zero-order valence-corrected chi connectivity index (χ0v) is 13.7. The van der Waals surface area contributed by atoms with Gasteiger partial charge in [0.25, 0.3) is 0 Å². The highest BCUT2D eigenvalue weighted by Crippen LogP contribution is 2.23. The lowest BCUT2D eigenvalue weighted by Crippen LogP contribution is -2.18. The first kappa shape index (κ1) is 16.3. The van der Waals surface area contributed by atoms with Crippen molar-refractivity contribution in [3.63, 3.8) is 0 Å². The van der Waals surface area contributed by atoms with Crippen molar-refractivity contribution in [3.8, 4) is 5.75 Å². The molecule has 0 aliphatic rings. The number of halogens is 2. The molecule has 114 valence electrons. The van der Waals surface area contributed by atoms with Crippen LogP contribution in [0.5, 0.6) is 5.75 Å². The number of hydrogen-bond donors (Lipinski definition) is 1. The molecule has 5 heteroatoms. The molecule has 0 radical (unpaired) electrons. The van der Waals surface area contributed by atoms with Gasteiger partial charge in [-0.1, -0.05) is 25.4 Å². The van der Waals surface area contributed by atoms with Crippen LogP contribution in [0.3, 0.4) is 0 Å². The van der Waals surface area contributed by atoms with Gasteiger partial charge in [0.05, 0.1) is 5.02 Å². The average Bonchev–Trinajstić information content (AvgIpc) is 2.88. The van der Waals surface area contributed by atoms with Crippen LogP contribution in [-0.4, -0.2) is 6.54 Å². The third-order valence-electron chi connectivity index (χ3n) is 2.84. The second-order valence-electron chi connectivity index (χ2n) is 5.26. The number of rotatable bonds is 7. The van der Waals surface area contributed by atoms with Crippen LogP contribution in [0.25, 0.3) is 0 Å². The fourth-order valence-corrected chi connectivity index (χ4v) is 2.82. The summed E-state index contributed by atoms with van der Waals surface area (Å²) >= 11 is 7.34. The SMILES string of the molecule is CC(C)CNCc1ccc(COc2ccc(Cl)c(F)c2)s1. The quantitative estimate of drug-likeness (QED) is 0.783. The molecule has 1 heterocycles. The Hall–Kier alpha value is -1.10. The second-order valence-corrected chi connectivity index (χ2v) is 6.92. The molecule has 2 aromatic rings. The first-order valence-corrected chi connectivity index (χ1v) is 8.10. The van der Waals surface area contributed by atoms with Crippen molar-refractivity contribution in [1.29, 1.82) is 0 Å².